The molecule has 1 amide bonds. The summed E-state index contributed by atoms with van der Waals surface area (Å²) < 4.78 is 2.04. The Morgan fingerprint density at radius 2 is 1.76 bits per heavy atom. The highest BCUT2D eigenvalue weighted by molar-refractivity contribution is 5.93. The lowest BCUT2D eigenvalue weighted by molar-refractivity contribution is 0.0919. The third-order valence-electron chi connectivity index (χ3n) is 5.25. The van der Waals surface area contributed by atoms with E-state index in [0.717, 1.165) is 24.2 Å². The van der Waals surface area contributed by atoms with Crippen LogP contribution in [0.3, 0.4) is 0 Å². The van der Waals surface area contributed by atoms with Crippen LogP contribution < -0.4 is 5.32 Å². The van der Waals surface area contributed by atoms with E-state index in [0.29, 0.717) is 6.04 Å². The number of hydrogen-bond acceptors (Lipinski definition) is 2. The van der Waals surface area contributed by atoms with Gasteiger partial charge in [-0.1, -0.05) is 49.6 Å². The molecule has 1 aromatic carbocycles. The molecule has 1 N–H and O–H groups in total. The minimum atomic E-state index is 0.0474. The van der Waals surface area contributed by atoms with Crippen LogP contribution in [0.4, 0.5) is 0 Å². The van der Waals surface area contributed by atoms with Crippen molar-refractivity contribution in [1.29, 1.82) is 0 Å². The maximum absolute atomic E-state index is 12.7. The molecule has 0 bridgehead atoms. The van der Waals surface area contributed by atoms with Crippen LogP contribution in [0.15, 0.2) is 42.5 Å². The Labute approximate surface area is 150 Å². The highest BCUT2D eigenvalue weighted by atomic mass is 16.2. The molecule has 1 aliphatic carbocycles. The minimum absolute atomic E-state index is 0.0474. The molecule has 0 radical (unpaired) electrons. The molecule has 1 aliphatic rings. The van der Waals surface area contributed by atoms with Crippen molar-refractivity contribution >= 4 is 5.91 Å². The van der Waals surface area contributed by atoms with Crippen LogP contribution in [-0.2, 0) is 7.05 Å². The SMILES string of the molecule is CN(C)C(c1ccccc1)c1ccc(C(=O)NC2CCCCC2)n1C. The maximum atomic E-state index is 12.7. The van der Waals surface area contributed by atoms with Crippen LogP contribution in [0.5, 0.6) is 0 Å². The Morgan fingerprint density at radius 3 is 2.40 bits per heavy atom. The Kier molecular flexibility index (Phi) is 5.59. The molecule has 1 atom stereocenters. The van der Waals surface area contributed by atoms with E-state index in [4.69, 9.17) is 0 Å². The van der Waals surface area contributed by atoms with Gasteiger partial charge in [0.25, 0.3) is 5.91 Å². The van der Waals surface area contributed by atoms with Crippen molar-refractivity contribution < 1.29 is 4.79 Å². The lowest BCUT2D eigenvalue weighted by atomic mass is 9.95. The fraction of sp³-hybridized carbons (Fsp3) is 0.476. The van der Waals surface area contributed by atoms with Crippen molar-refractivity contribution in [3.63, 3.8) is 0 Å². The number of benzene rings is 1. The fourth-order valence-electron chi connectivity index (χ4n) is 3.90. The lowest BCUT2D eigenvalue weighted by Gasteiger charge is -2.26. The van der Waals surface area contributed by atoms with Gasteiger partial charge >= 0.3 is 0 Å². The molecule has 3 rings (SSSR count). The first-order valence-electron chi connectivity index (χ1n) is 9.26. The number of nitrogens with zero attached hydrogens (tertiary/aromatic N) is 2. The first-order chi connectivity index (χ1) is 12.1. The summed E-state index contributed by atoms with van der Waals surface area (Å²) in [5, 5.41) is 3.22. The molecule has 1 saturated carbocycles. The normalized spacial score (nSPS) is 16.8. The summed E-state index contributed by atoms with van der Waals surface area (Å²) in [6.45, 7) is 0. The van der Waals surface area contributed by atoms with Crippen LogP contribution in [0.1, 0.15) is 59.9 Å². The van der Waals surface area contributed by atoms with E-state index in [1.807, 2.05) is 23.7 Å². The van der Waals surface area contributed by atoms with E-state index in [2.05, 4.69) is 54.6 Å². The first kappa shape index (κ1) is 17.7. The fourth-order valence-corrected chi connectivity index (χ4v) is 3.90. The Morgan fingerprint density at radius 1 is 1.08 bits per heavy atom. The summed E-state index contributed by atoms with van der Waals surface area (Å²) in [5.41, 5.74) is 3.10. The van der Waals surface area contributed by atoms with Gasteiger partial charge in [-0.3, -0.25) is 9.69 Å². The zero-order valence-electron chi connectivity index (χ0n) is 15.5. The zero-order valence-corrected chi connectivity index (χ0v) is 15.5. The molecule has 0 aliphatic heterocycles. The quantitative estimate of drug-likeness (QED) is 0.901. The predicted octanol–water partition coefficient (Wildman–Crippen LogP) is 3.74. The van der Waals surface area contributed by atoms with Crippen molar-refractivity contribution in [3.8, 4) is 0 Å². The predicted molar refractivity (Wildman–Crippen MR) is 102 cm³/mol. The molecule has 4 nitrogen and oxygen atoms in total. The van der Waals surface area contributed by atoms with Gasteiger partial charge in [-0.2, -0.15) is 0 Å². The van der Waals surface area contributed by atoms with E-state index in [1.54, 1.807) is 0 Å². The number of carbonyl (C=O) groups excluding carboxylic acids is 1. The van der Waals surface area contributed by atoms with Gasteiger partial charge in [0.2, 0.25) is 0 Å². The first-order valence-corrected chi connectivity index (χ1v) is 9.26. The van der Waals surface area contributed by atoms with Crippen molar-refractivity contribution in [1.82, 2.24) is 14.8 Å². The molecule has 0 spiro atoms. The third kappa shape index (κ3) is 3.96. The monoisotopic (exact) mass is 339 g/mol. The summed E-state index contributed by atoms with van der Waals surface area (Å²) in [5.74, 6) is 0.0474. The van der Waals surface area contributed by atoms with E-state index >= 15 is 0 Å². The Balaban J connectivity index is 1.82. The molecule has 1 heterocycles. The summed E-state index contributed by atoms with van der Waals surface area (Å²) in [6.07, 6.45) is 5.95. The van der Waals surface area contributed by atoms with Crippen LogP contribution in [0.2, 0.25) is 0 Å². The summed E-state index contributed by atoms with van der Waals surface area (Å²) in [7, 11) is 6.14. The van der Waals surface area contributed by atoms with E-state index < -0.39 is 0 Å². The standard InChI is InChI=1S/C21H29N3O/c1-23(2)20(16-10-6-4-7-11-16)18-14-15-19(24(18)3)21(25)22-17-12-8-5-9-13-17/h4,6-7,10-11,14-15,17,20H,5,8-9,12-13H2,1-3H3,(H,22,25). The van der Waals surface area contributed by atoms with Crippen molar-refractivity contribution in [2.24, 2.45) is 7.05 Å². The number of rotatable bonds is 5. The average molecular weight is 339 g/mol. The van der Waals surface area contributed by atoms with Crippen molar-refractivity contribution in [2.45, 2.75) is 44.2 Å². The second kappa shape index (κ2) is 7.87. The molecule has 1 aromatic heterocycles. The largest absolute Gasteiger partial charge is 0.348 e. The molecule has 25 heavy (non-hydrogen) atoms. The summed E-state index contributed by atoms with van der Waals surface area (Å²) in [4.78, 5) is 14.9. The molecule has 1 fully saturated rings. The van der Waals surface area contributed by atoms with Gasteiger partial charge in [-0.25, -0.2) is 0 Å². The van der Waals surface area contributed by atoms with Gasteiger partial charge in [0.1, 0.15) is 5.69 Å². The molecule has 2 aromatic rings. The van der Waals surface area contributed by atoms with E-state index in [9.17, 15) is 4.79 Å². The average Bonchev–Trinajstić information content (AvgIpc) is 2.98. The summed E-state index contributed by atoms with van der Waals surface area (Å²) >= 11 is 0. The summed E-state index contributed by atoms with van der Waals surface area (Å²) in [6, 6.07) is 14.9. The van der Waals surface area contributed by atoms with Crippen LogP contribution >= 0.6 is 0 Å². The third-order valence-corrected chi connectivity index (χ3v) is 5.25. The van der Waals surface area contributed by atoms with Crippen molar-refractivity contribution in [3.05, 3.63) is 59.4 Å². The number of aromatic nitrogens is 1. The minimum Gasteiger partial charge on any atom is -0.348 e. The number of amides is 1. The molecular formula is C21H29N3O. The Bertz CT molecular complexity index is 699. The molecule has 1 unspecified atom stereocenters. The van der Waals surface area contributed by atoms with Gasteiger partial charge in [-0.05, 0) is 44.6 Å². The van der Waals surface area contributed by atoms with E-state index in [1.165, 1.54) is 24.8 Å². The molecule has 0 saturated heterocycles. The van der Waals surface area contributed by atoms with Gasteiger partial charge in [0.15, 0.2) is 0 Å². The second-order valence-electron chi connectivity index (χ2n) is 7.29. The van der Waals surface area contributed by atoms with Crippen LogP contribution in [0, 0.1) is 0 Å². The Hall–Kier alpha value is -2.07. The molecular weight excluding hydrogens is 310 g/mol. The number of carbonyl (C=O) groups is 1. The van der Waals surface area contributed by atoms with Gasteiger partial charge in [0, 0.05) is 18.8 Å². The van der Waals surface area contributed by atoms with Crippen LogP contribution in [-0.4, -0.2) is 35.5 Å². The molecule has 134 valence electrons. The van der Waals surface area contributed by atoms with Crippen molar-refractivity contribution in [2.75, 3.05) is 14.1 Å². The van der Waals surface area contributed by atoms with E-state index in [-0.39, 0.29) is 11.9 Å². The number of nitrogens with one attached hydrogen (secondary N) is 1. The van der Waals surface area contributed by atoms with Gasteiger partial charge in [0.05, 0.1) is 6.04 Å². The lowest BCUT2D eigenvalue weighted by Crippen LogP contribution is -2.37. The topological polar surface area (TPSA) is 37.3 Å². The van der Waals surface area contributed by atoms with Gasteiger partial charge in [-0.15, -0.1) is 0 Å². The smallest absolute Gasteiger partial charge is 0.268 e. The molecule has 4 heteroatoms. The highest BCUT2D eigenvalue weighted by Crippen LogP contribution is 2.28. The number of hydrogen-bond donors (Lipinski definition) is 1. The second-order valence-corrected chi connectivity index (χ2v) is 7.29. The maximum Gasteiger partial charge on any atom is 0.268 e. The highest BCUT2D eigenvalue weighted by Gasteiger charge is 2.24. The van der Waals surface area contributed by atoms with Gasteiger partial charge < -0.3 is 9.88 Å². The zero-order chi connectivity index (χ0) is 17.8. The van der Waals surface area contributed by atoms with Crippen LogP contribution in [0.25, 0.3) is 0 Å².